The number of nitrogen functional groups attached to an aromatic ring is 1. The Labute approximate surface area is 93.3 Å². The fourth-order valence-electron chi connectivity index (χ4n) is 1.61. The van der Waals surface area contributed by atoms with E-state index in [9.17, 15) is 0 Å². The van der Waals surface area contributed by atoms with Crippen LogP contribution in [0.1, 0.15) is 19.0 Å². The second-order valence-corrected chi connectivity index (χ2v) is 3.80. The van der Waals surface area contributed by atoms with Crippen LogP contribution in [0.2, 0.25) is 5.28 Å². The molecule has 0 aliphatic carbocycles. The van der Waals surface area contributed by atoms with Gasteiger partial charge in [0.05, 0.1) is 11.2 Å². The number of aryl methyl sites for hydroxylation is 1. The van der Waals surface area contributed by atoms with Gasteiger partial charge in [-0.15, -0.1) is 0 Å². The maximum Gasteiger partial charge on any atom is 0.223 e. The number of fused-ring (bicyclic) bond motifs is 1. The Balaban J connectivity index is 2.68. The van der Waals surface area contributed by atoms with Crippen LogP contribution in [0.3, 0.4) is 0 Å². The van der Waals surface area contributed by atoms with Crippen molar-refractivity contribution in [2.75, 3.05) is 5.73 Å². The molecule has 0 unspecified atom stereocenters. The highest BCUT2D eigenvalue weighted by molar-refractivity contribution is 6.28. The van der Waals surface area contributed by atoms with E-state index in [1.54, 1.807) is 0 Å². The van der Waals surface area contributed by atoms with Crippen molar-refractivity contribution in [1.82, 2.24) is 9.97 Å². The van der Waals surface area contributed by atoms with E-state index in [0.717, 1.165) is 29.4 Å². The number of rotatable bonds is 2. The van der Waals surface area contributed by atoms with Crippen LogP contribution in [0.25, 0.3) is 10.9 Å². The lowest BCUT2D eigenvalue weighted by atomic mass is 10.1. The van der Waals surface area contributed by atoms with Crippen LogP contribution in [0.4, 0.5) is 5.69 Å². The molecule has 0 aliphatic rings. The second kappa shape index (κ2) is 4.03. The Morgan fingerprint density at radius 1 is 1.33 bits per heavy atom. The van der Waals surface area contributed by atoms with E-state index in [1.165, 1.54) is 0 Å². The van der Waals surface area contributed by atoms with Crippen LogP contribution in [-0.4, -0.2) is 9.97 Å². The van der Waals surface area contributed by atoms with Crippen LogP contribution in [-0.2, 0) is 6.42 Å². The van der Waals surface area contributed by atoms with Crippen molar-refractivity contribution in [3.8, 4) is 0 Å². The van der Waals surface area contributed by atoms with Gasteiger partial charge in [0.15, 0.2) is 0 Å². The summed E-state index contributed by atoms with van der Waals surface area (Å²) in [7, 11) is 0. The SMILES string of the molecule is CCCc1nc(Cl)nc2cc(N)ccc12. The summed E-state index contributed by atoms with van der Waals surface area (Å²) in [4.78, 5) is 8.39. The lowest BCUT2D eigenvalue weighted by Gasteiger charge is -2.05. The molecule has 0 aliphatic heterocycles. The Bertz CT molecular complexity index is 491. The fraction of sp³-hybridized carbons (Fsp3) is 0.273. The van der Waals surface area contributed by atoms with Crippen LogP contribution >= 0.6 is 11.6 Å². The Hall–Kier alpha value is -1.35. The first-order chi connectivity index (χ1) is 7.20. The van der Waals surface area contributed by atoms with Crippen molar-refractivity contribution in [3.05, 3.63) is 29.2 Å². The first-order valence-electron chi connectivity index (χ1n) is 4.92. The number of nitrogens with two attached hydrogens (primary N) is 1. The minimum absolute atomic E-state index is 0.288. The summed E-state index contributed by atoms with van der Waals surface area (Å²) in [5.74, 6) is 0. The summed E-state index contributed by atoms with van der Waals surface area (Å²) in [6.07, 6.45) is 1.94. The van der Waals surface area contributed by atoms with E-state index in [1.807, 2.05) is 18.2 Å². The molecule has 0 spiro atoms. The van der Waals surface area contributed by atoms with Crippen molar-refractivity contribution in [1.29, 1.82) is 0 Å². The summed E-state index contributed by atoms with van der Waals surface area (Å²) in [6, 6.07) is 5.63. The third-order valence-corrected chi connectivity index (χ3v) is 2.43. The minimum Gasteiger partial charge on any atom is -0.399 e. The van der Waals surface area contributed by atoms with Crippen LogP contribution < -0.4 is 5.73 Å². The summed E-state index contributed by atoms with van der Waals surface area (Å²) < 4.78 is 0. The number of anilines is 1. The predicted octanol–water partition coefficient (Wildman–Crippen LogP) is 2.82. The topological polar surface area (TPSA) is 51.8 Å². The van der Waals surface area contributed by atoms with Gasteiger partial charge in [-0.1, -0.05) is 13.3 Å². The maximum atomic E-state index is 5.85. The van der Waals surface area contributed by atoms with E-state index in [-0.39, 0.29) is 5.28 Å². The molecule has 2 aromatic rings. The number of nitrogens with zero attached hydrogens (tertiary/aromatic N) is 2. The van der Waals surface area contributed by atoms with E-state index in [0.29, 0.717) is 5.69 Å². The first-order valence-corrected chi connectivity index (χ1v) is 5.30. The minimum atomic E-state index is 0.288. The molecular weight excluding hydrogens is 210 g/mol. The van der Waals surface area contributed by atoms with Gasteiger partial charge in [-0.25, -0.2) is 9.97 Å². The number of aromatic nitrogens is 2. The van der Waals surface area contributed by atoms with Gasteiger partial charge in [-0.2, -0.15) is 0 Å². The Morgan fingerprint density at radius 3 is 2.87 bits per heavy atom. The van der Waals surface area contributed by atoms with Gasteiger partial charge in [0.2, 0.25) is 5.28 Å². The lowest BCUT2D eigenvalue weighted by molar-refractivity contribution is 0.887. The standard InChI is InChI=1S/C11H12ClN3/c1-2-3-9-8-5-4-7(13)6-10(8)15-11(12)14-9/h4-6H,2-3,13H2,1H3. The molecule has 0 fully saturated rings. The molecule has 0 amide bonds. The molecule has 15 heavy (non-hydrogen) atoms. The van der Waals surface area contributed by atoms with Crippen LogP contribution in [0.5, 0.6) is 0 Å². The average Bonchev–Trinajstić information content (AvgIpc) is 2.17. The van der Waals surface area contributed by atoms with Gasteiger partial charge in [0, 0.05) is 11.1 Å². The molecule has 1 aromatic carbocycles. The zero-order valence-corrected chi connectivity index (χ0v) is 9.25. The molecule has 4 heteroatoms. The number of hydrogen-bond donors (Lipinski definition) is 1. The molecule has 3 nitrogen and oxygen atoms in total. The van der Waals surface area contributed by atoms with Gasteiger partial charge in [0.1, 0.15) is 0 Å². The number of benzene rings is 1. The Morgan fingerprint density at radius 2 is 2.13 bits per heavy atom. The molecule has 0 saturated heterocycles. The van der Waals surface area contributed by atoms with E-state index >= 15 is 0 Å². The van der Waals surface area contributed by atoms with Crippen LogP contribution in [0.15, 0.2) is 18.2 Å². The molecular formula is C11H12ClN3. The van der Waals surface area contributed by atoms with Crippen LogP contribution in [0, 0.1) is 0 Å². The second-order valence-electron chi connectivity index (χ2n) is 3.47. The monoisotopic (exact) mass is 221 g/mol. The van der Waals surface area contributed by atoms with Crippen molar-refractivity contribution < 1.29 is 0 Å². The molecule has 2 rings (SSSR count). The van der Waals surface area contributed by atoms with Crippen molar-refractivity contribution >= 4 is 28.2 Å². The highest BCUT2D eigenvalue weighted by Gasteiger charge is 2.05. The third-order valence-electron chi connectivity index (χ3n) is 2.26. The fourth-order valence-corrected chi connectivity index (χ4v) is 1.80. The zero-order chi connectivity index (χ0) is 10.8. The molecule has 0 atom stereocenters. The number of hydrogen-bond acceptors (Lipinski definition) is 3. The highest BCUT2D eigenvalue weighted by atomic mass is 35.5. The lowest BCUT2D eigenvalue weighted by Crippen LogP contribution is -1.96. The van der Waals surface area contributed by atoms with Crippen molar-refractivity contribution in [3.63, 3.8) is 0 Å². The molecule has 0 bridgehead atoms. The van der Waals surface area contributed by atoms with Crippen molar-refractivity contribution in [2.24, 2.45) is 0 Å². The molecule has 1 aromatic heterocycles. The highest BCUT2D eigenvalue weighted by Crippen LogP contribution is 2.21. The molecule has 0 saturated carbocycles. The predicted molar refractivity (Wildman–Crippen MR) is 63.0 cm³/mol. The largest absolute Gasteiger partial charge is 0.399 e. The smallest absolute Gasteiger partial charge is 0.223 e. The summed E-state index contributed by atoms with van der Waals surface area (Å²) in [5.41, 5.74) is 8.20. The van der Waals surface area contributed by atoms with Gasteiger partial charge in [-0.05, 0) is 36.2 Å². The average molecular weight is 222 g/mol. The summed E-state index contributed by atoms with van der Waals surface area (Å²) in [5, 5.41) is 1.33. The first kappa shape index (κ1) is 10.2. The van der Waals surface area contributed by atoms with Gasteiger partial charge in [0.25, 0.3) is 0 Å². The summed E-state index contributed by atoms with van der Waals surface area (Å²) in [6.45, 7) is 2.11. The van der Waals surface area contributed by atoms with E-state index < -0.39 is 0 Å². The normalized spacial score (nSPS) is 10.8. The number of halogens is 1. The van der Waals surface area contributed by atoms with E-state index in [2.05, 4.69) is 16.9 Å². The zero-order valence-electron chi connectivity index (χ0n) is 8.50. The Kier molecular flexibility index (Phi) is 2.73. The quantitative estimate of drug-likeness (QED) is 0.627. The van der Waals surface area contributed by atoms with Crippen molar-refractivity contribution in [2.45, 2.75) is 19.8 Å². The molecule has 78 valence electrons. The van der Waals surface area contributed by atoms with Gasteiger partial charge >= 0.3 is 0 Å². The molecule has 0 radical (unpaired) electrons. The maximum absolute atomic E-state index is 5.85. The third kappa shape index (κ3) is 2.02. The van der Waals surface area contributed by atoms with Gasteiger partial charge in [-0.3, -0.25) is 0 Å². The molecule has 2 N–H and O–H groups in total. The molecule has 1 heterocycles. The van der Waals surface area contributed by atoms with E-state index in [4.69, 9.17) is 17.3 Å². The van der Waals surface area contributed by atoms with Gasteiger partial charge < -0.3 is 5.73 Å². The summed E-state index contributed by atoms with van der Waals surface area (Å²) >= 11 is 5.85.